The molecule has 0 radical (unpaired) electrons. The summed E-state index contributed by atoms with van der Waals surface area (Å²) in [5.41, 5.74) is 2.82. The van der Waals surface area contributed by atoms with Gasteiger partial charge in [0.1, 0.15) is 17.0 Å². The molecular weight excluding hydrogens is 452 g/mol. The molecule has 6 nitrogen and oxygen atoms in total. The molecule has 2 aliphatic heterocycles. The quantitative estimate of drug-likeness (QED) is 0.516. The number of likely N-dealkylation sites (tertiary alicyclic amines) is 1. The molecule has 4 rings (SSSR count). The Kier molecular flexibility index (Phi) is 7.17. The third-order valence-corrected chi connectivity index (χ3v) is 6.97. The third-order valence-electron chi connectivity index (χ3n) is 6.97. The standard InChI is InChI=1S/C30H38N2O4/c1-7-31(8-2)27(33)23-15-13-22(14-16-23)25-20-30(35-26-12-10-9-11-24(25)26)17-18-32(21(3)19-30)28(34)36-29(4,5)6/h9-16,20-21H,7-8,17-19H2,1-6H3. The zero-order chi connectivity index (χ0) is 26.1. The lowest BCUT2D eigenvalue weighted by Gasteiger charge is -2.46. The first kappa shape index (κ1) is 25.8. The van der Waals surface area contributed by atoms with Crippen LogP contribution < -0.4 is 4.74 Å². The van der Waals surface area contributed by atoms with Gasteiger partial charge in [-0.3, -0.25) is 4.79 Å². The van der Waals surface area contributed by atoms with Gasteiger partial charge in [0.25, 0.3) is 5.91 Å². The van der Waals surface area contributed by atoms with Crippen molar-refractivity contribution >= 4 is 17.6 Å². The Labute approximate surface area is 214 Å². The van der Waals surface area contributed by atoms with Gasteiger partial charge in [0.05, 0.1) is 0 Å². The van der Waals surface area contributed by atoms with Crippen LogP contribution in [-0.2, 0) is 4.74 Å². The average Bonchev–Trinajstić information content (AvgIpc) is 2.83. The largest absolute Gasteiger partial charge is 0.482 e. The highest BCUT2D eigenvalue weighted by atomic mass is 16.6. The lowest BCUT2D eigenvalue weighted by molar-refractivity contribution is -0.0188. The number of carbonyl (C=O) groups excluding carboxylic acids is 2. The number of hydrogen-bond donors (Lipinski definition) is 0. The number of ether oxygens (including phenoxy) is 2. The summed E-state index contributed by atoms with van der Waals surface area (Å²) in [6.45, 7) is 13.6. The summed E-state index contributed by atoms with van der Waals surface area (Å²) < 4.78 is 12.3. The Bertz CT molecular complexity index is 1140. The van der Waals surface area contributed by atoms with Crippen LogP contribution in [0.4, 0.5) is 4.79 Å². The van der Waals surface area contributed by atoms with E-state index in [2.05, 4.69) is 19.1 Å². The molecule has 2 atom stereocenters. The molecule has 192 valence electrons. The molecule has 0 aliphatic carbocycles. The van der Waals surface area contributed by atoms with E-state index >= 15 is 0 Å². The number of carbonyl (C=O) groups is 2. The van der Waals surface area contributed by atoms with Crippen LogP contribution in [0.3, 0.4) is 0 Å². The normalized spacial score (nSPS) is 21.3. The maximum atomic E-state index is 12.8. The Morgan fingerprint density at radius 3 is 2.36 bits per heavy atom. The van der Waals surface area contributed by atoms with Crippen molar-refractivity contribution in [1.82, 2.24) is 9.80 Å². The summed E-state index contributed by atoms with van der Waals surface area (Å²) in [7, 11) is 0. The van der Waals surface area contributed by atoms with E-state index < -0.39 is 11.2 Å². The van der Waals surface area contributed by atoms with Gasteiger partial charge in [0.2, 0.25) is 0 Å². The summed E-state index contributed by atoms with van der Waals surface area (Å²) in [5.74, 6) is 0.893. The number of piperidine rings is 1. The summed E-state index contributed by atoms with van der Waals surface area (Å²) in [4.78, 5) is 29.2. The van der Waals surface area contributed by atoms with E-state index in [1.165, 1.54) is 0 Å². The van der Waals surface area contributed by atoms with E-state index in [1.54, 1.807) is 0 Å². The van der Waals surface area contributed by atoms with Crippen molar-refractivity contribution in [3.8, 4) is 5.75 Å². The molecule has 0 aromatic heterocycles. The molecule has 0 saturated carbocycles. The summed E-state index contributed by atoms with van der Waals surface area (Å²) in [5, 5.41) is 0. The van der Waals surface area contributed by atoms with Crippen molar-refractivity contribution in [2.45, 2.75) is 71.6 Å². The third kappa shape index (κ3) is 5.28. The van der Waals surface area contributed by atoms with Gasteiger partial charge < -0.3 is 19.3 Å². The lowest BCUT2D eigenvalue weighted by Crippen LogP contribution is -2.54. The minimum Gasteiger partial charge on any atom is -0.482 e. The van der Waals surface area contributed by atoms with Crippen LogP contribution in [0, 0.1) is 0 Å². The number of fused-ring (bicyclic) bond motifs is 1. The molecule has 0 bridgehead atoms. The number of para-hydroxylation sites is 1. The van der Waals surface area contributed by atoms with Gasteiger partial charge in [-0.1, -0.05) is 30.3 Å². The van der Waals surface area contributed by atoms with Crippen molar-refractivity contribution < 1.29 is 19.1 Å². The van der Waals surface area contributed by atoms with Gasteiger partial charge in [-0.25, -0.2) is 4.79 Å². The first-order chi connectivity index (χ1) is 17.1. The monoisotopic (exact) mass is 490 g/mol. The highest BCUT2D eigenvalue weighted by molar-refractivity contribution is 5.95. The first-order valence-corrected chi connectivity index (χ1v) is 13.0. The van der Waals surface area contributed by atoms with Crippen molar-refractivity contribution in [2.75, 3.05) is 19.6 Å². The first-order valence-electron chi connectivity index (χ1n) is 13.0. The molecule has 0 N–H and O–H groups in total. The van der Waals surface area contributed by atoms with Crippen LogP contribution in [0.1, 0.15) is 75.9 Å². The number of rotatable bonds is 4. The van der Waals surface area contributed by atoms with Crippen LogP contribution >= 0.6 is 0 Å². The van der Waals surface area contributed by atoms with Crippen LogP contribution in [0.5, 0.6) is 5.75 Å². The summed E-state index contributed by atoms with van der Waals surface area (Å²) in [6, 6.07) is 15.9. The molecule has 2 amide bonds. The Morgan fingerprint density at radius 1 is 1.08 bits per heavy atom. The van der Waals surface area contributed by atoms with E-state index in [0.717, 1.165) is 22.4 Å². The van der Waals surface area contributed by atoms with Crippen molar-refractivity contribution in [2.24, 2.45) is 0 Å². The van der Waals surface area contributed by atoms with Gasteiger partial charge in [-0.15, -0.1) is 0 Å². The topological polar surface area (TPSA) is 59.1 Å². The highest BCUT2D eigenvalue weighted by Gasteiger charge is 2.44. The zero-order valence-corrected chi connectivity index (χ0v) is 22.3. The second kappa shape index (κ2) is 10.00. The molecule has 2 aliphatic rings. The second-order valence-corrected chi connectivity index (χ2v) is 10.8. The SMILES string of the molecule is CCN(CC)C(=O)c1ccc(C2=CC3(CCN(C(=O)OC(C)(C)C)C(C)C3)Oc3ccccc32)cc1. The fourth-order valence-corrected chi connectivity index (χ4v) is 5.15. The summed E-state index contributed by atoms with van der Waals surface area (Å²) in [6.07, 6.45) is 3.29. The molecule has 2 heterocycles. The van der Waals surface area contributed by atoms with E-state index in [4.69, 9.17) is 9.47 Å². The predicted molar refractivity (Wildman–Crippen MR) is 142 cm³/mol. The Hall–Kier alpha value is -3.28. The second-order valence-electron chi connectivity index (χ2n) is 10.8. The lowest BCUT2D eigenvalue weighted by atomic mass is 9.80. The van der Waals surface area contributed by atoms with E-state index in [9.17, 15) is 9.59 Å². The summed E-state index contributed by atoms with van der Waals surface area (Å²) >= 11 is 0. The average molecular weight is 491 g/mol. The molecule has 2 aromatic carbocycles. The van der Waals surface area contributed by atoms with Gasteiger partial charge in [0.15, 0.2) is 0 Å². The van der Waals surface area contributed by atoms with Gasteiger partial charge >= 0.3 is 6.09 Å². The van der Waals surface area contributed by atoms with Crippen LogP contribution in [0.15, 0.2) is 54.6 Å². The minimum absolute atomic E-state index is 0.0366. The minimum atomic E-state index is -0.530. The molecule has 1 spiro atoms. The molecule has 2 unspecified atom stereocenters. The van der Waals surface area contributed by atoms with E-state index in [0.29, 0.717) is 38.0 Å². The fraction of sp³-hybridized carbons (Fsp3) is 0.467. The zero-order valence-electron chi connectivity index (χ0n) is 22.3. The highest BCUT2D eigenvalue weighted by Crippen LogP contribution is 2.44. The number of benzene rings is 2. The van der Waals surface area contributed by atoms with E-state index in [-0.39, 0.29) is 18.0 Å². The van der Waals surface area contributed by atoms with Crippen LogP contribution in [-0.4, -0.2) is 58.7 Å². The van der Waals surface area contributed by atoms with Gasteiger partial charge in [-0.05, 0) is 77.0 Å². The maximum absolute atomic E-state index is 12.8. The fourth-order valence-electron chi connectivity index (χ4n) is 5.15. The molecule has 36 heavy (non-hydrogen) atoms. The molecular formula is C30H38N2O4. The number of hydrogen-bond acceptors (Lipinski definition) is 4. The van der Waals surface area contributed by atoms with Crippen molar-refractivity contribution in [3.63, 3.8) is 0 Å². The van der Waals surface area contributed by atoms with Crippen LogP contribution in [0.2, 0.25) is 0 Å². The van der Waals surface area contributed by atoms with Crippen molar-refractivity contribution in [3.05, 3.63) is 71.3 Å². The molecule has 1 fully saturated rings. The van der Waals surface area contributed by atoms with Crippen LogP contribution in [0.25, 0.3) is 5.57 Å². The smallest absolute Gasteiger partial charge is 0.410 e. The Balaban J connectivity index is 1.63. The van der Waals surface area contributed by atoms with E-state index in [1.807, 2.05) is 86.9 Å². The maximum Gasteiger partial charge on any atom is 0.410 e. The predicted octanol–water partition coefficient (Wildman–Crippen LogP) is 6.15. The molecule has 2 aromatic rings. The number of amides is 2. The number of nitrogens with zero attached hydrogens (tertiary/aromatic N) is 2. The van der Waals surface area contributed by atoms with Gasteiger partial charge in [-0.2, -0.15) is 0 Å². The van der Waals surface area contributed by atoms with Crippen molar-refractivity contribution in [1.29, 1.82) is 0 Å². The molecule has 6 heteroatoms. The Morgan fingerprint density at radius 2 is 1.75 bits per heavy atom. The molecule has 1 saturated heterocycles. The van der Waals surface area contributed by atoms with Gasteiger partial charge in [0, 0.05) is 49.6 Å².